The number of hydrogen-bond acceptors (Lipinski definition) is 4. The van der Waals surface area contributed by atoms with Crippen LogP contribution in [0.15, 0.2) is 53.1 Å². The number of allylic oxidation sites excluding steroid dienone is 1. The van der Waals surface area contributed by atoms with Crippen molar-refractivity contribution in [3.05, 3.63) is 75.9 Å². The molecule has 1 unspecified atom stereocenters. The van der Waals surface area contributed by atoms with Crippen molar-refractivity contribution >= 4 is 27.6 Å². The Hall–Kier alpha value is -2.58. The van der Waals surface area contributed by atoms with Crippen LogP contribution < -0.4 is 4.74 Å². The zero-order valence-electron chi connectivity index (χ0n) is 15.3. The number of amides is 1. The lowest BCUT2D eigenvalue weighted by Crippen LogP contribution is -2.35. The number of carbonyl (C=O) groups is 2. The summed E-state index contributed by atoms with van der Waals surface area (Å²) in [6.07, 6.45) is 2.76. The van der Waals surface area contributed by atoms with Crippen molar-refractivity contribution in [1.29, 1.82) is 0 Å². The lowest BCUT2D eigenvalue weighted by Gasteiger charge is -2.31. The van der Waals surface area contributed by atoms with E-state index < -0.39 is 17.7 Å². The number of halogens is 3. The highest BCUT2D eigenvalue weighted by molar-refractivity contribution is 9.10. The third-order valence-corrected chi connectivity index (χ3v) is 5.22. The maximum absolute atomic E-state index is 14.0. The van der Waals surface area contributed by atoms with Gasteiger partial charge in [-0.3, -0.25) is 9.59 Å². The molecule has 1 aliphatic rings. The molecule has 1 heterocycles. The molecule has 29 heavy (non-hydrogen) atoms. The molecule has 8 heteroatoms. The lowest BCUT2D eigenvalue weighted by atomic mass is 9.96. The SMILES string of the molecule is O=C1C=CN(C(=O)Cc2cc(OCCO)c(F)cc2Br)C(c2ccc(F)cc2)C1. The van der Waals surface area contributed by atoms with Crippen molar-refractivity contribution in [3.8, 4) is 5.75 Å². The summed E-state index contributed by atoms with van der Waals surface area (Å²) in [5.41, 5.74) is 1.13. The van der Waals surface area contributed by atoms with E-state index in [4.69, 9.17) is 9.84 Å². The maximum Gasteiger partial charge on any atom is 0.231 e. The first-order valence-electron chi connectivity index (χ1n) is 8.88. The van der Waals surface area contributed by atoms with Gasteiger partial charge in [0.15, 0.2) is 17.3 Å². The molecule has 152 valence electrons. The molecule has 0 spiro atoms. The van der Waals surface area contributed by atoms with E-state index in [2.05, 4.69) is 15.9 Å². The Morgan fingerprint density at radius 2 is 1.97 bits per heavy atom. The van der Waals surface area contributed by atoms with Crippen molar-refractivity contribution in [2.45, 2.75) is 18.9 Å². The molecular weight excluding hydrogens is 448 g/mol. The number of rotatable bonds is 6. The van der Waals surface area contributed by atoms with Gasteiger partial charge in [0, 0.05) is 17.1 Å². The number of carbonyl (C=O) groups excluding carboxylic acids is 2. The van der Waals surface area contributed by atoms with Crippen molar-refractivity contribution in [1.82, 2.24) is 4.90 Å². The number of ether oxygens (including phenoxy) is 1. The van der Waals surface area contributed by atoms with Gasteiger partial charge in [0.05, 0.1) is 19.1 Å². The quantitative estimate of drug-likeness (QED) is 0.706. The summed E-state index contributed by atoms with van der Waals surface area (Å²) in [4.78, 5) is 26.3. The standard InChI is InChI=1S/C21H18BrF2NO4/c22-17-12-18(24)20(29-8-7-26)9-14(17)10-21(28)25-6-5-16(27)11-19(25)13-1-3-15(23)4-2-13/h1-6,9,12,19,26H,7-8,10-11H2. The first-order valence-corrected chi connectivity index (χ1v) is 9.67. The van der Waals surface area contributed by atoms with Gasteiger partial charge in [0.2, 0.25) is 5.91 Å². The van der Waals surface area contributed by atoms with Gasteiger partial charge in [0.25, 0.3) is 0 Å². The zero-order valence-corrected chi connectivity index (χ0v) is 16.9. The van der Waals surface area contributed by atoms with Crippen LogP contribution in [0.3, 0.4) is 0 Å². The summed E-state index contributed by atoms with van der Waals surface area (Å²) in [7, 11) is 0. The molecule has 0 fully saturated rings. The molecule has 0 aliphatic carbocycles. The largest absolute Gasteiger partial charge is 0.488 e. The molecule has 3 rings (SSSR count). The van der Waals surface area contributed by atoms with Gasteiger partial charge in [-0.15, -0.1) is 0 Å². The molecular formula is C21H18BrF2NO4. The van der Waals surface area contributed by atoms with Crippen molar-refractivity contribution in [2.24, 2.45) is 0 Å². The first kappa shape index (κ1) is 21.1. The molecule has 0 bridgehead atoms. The Kier molecular flexibility index (Phi) is 6.76. The molecule has 5 nitrogen and oxygen atoms in total. The van der Waals surface area contributed by atoms with Gasteiger partial charge in [-0.05, 0) is 41.5 Å². The third kappa shape index (κ3) is 5.07. The molecule has 1 amide bonds. The van der Waals surface area contributed by atoms with Crippen molar-refractivity contribution in [2.75, 3.05) is 13.2 Å². The van der Waals surface area contributed by atoms with Crippen LogP contribution in [0.4, 0.5) is 8.78 Å². The summed E-state index contributed by atoms with van der Waals surface area (Å²) in [6.45, 7) is -0.342. The van der Waals surface area contributed by atoms with Crippen molar-refractivity contribution in [3.63, 3.8) is 0 Å². The Bertz CT molecular complexity index is 946. The normalized spacial score (nSPS) is 16.2. The van der Waals surface area contributed by atoms with Crippen LogP contribution in [-0.2, 0) is 16.0 Å². The summed E-state index contributed by atoms with van der Waals surface area (Å²) < 4.78 is 32.8. The Morgan fingerprint density at radius 1 is 1.24 bits per heavy atom. The Morgan fingerprint density at radius 3 is 2.66 bits per heavy atom. The highest BCUT2D eigenvalue weighted by Gasteiger charge is 2.29. The van der Waals surface area contributed by atoms with E-state index in [9.17, 15) is 18.4 Å². The minimum absolute atomic E-state index is 0.0653. The average molecular weight is 466 g/mol. The van der Waals surface area contributed by atoms with Crippen LogP contribution in [0.5, 0.6) is 5.75 Å². The van der Waals surface area contributed by atoms with Crippen LogP contribution in [-0.4, -0.2) is 34.9 Å². The summed E-state index contributed by atoms with van der Waals surface area (Å²) in [5, 5.41) is 8.86. The van der Waals surface area contributed by atoms with Gasteiger partial charge in [-0.2, -0.15) is 0 Å². The number of aliphatic hydroxyl groups is 1. The number of aliphatic hydroxyl groups excluding tert-OH is 1. The van der Waals surface area contributed by atoms with E-state index in [1.54, 1.807) is 12.1 Å². The molecule has 1 N–H and O–H groups in total. The summed E-state index contributed by atoms with van der Waals surface area (Å²) in [6, 6.07) is 7.69. The van der Waals surface area contributed by atoms with Crippen LogP contribution in [0.2, 0.25) is 0 Å². The van der Waals surface area contributed by atoms with Gasteiger partial charge in [0.1, 0.15) is 12.4 Å². The molecule has 0 radical (unpaired) electrons. The highest BCUT2D eigenvalue weighted by Crippen LogP contribution is 2.31. The Labute approximate surface area is 174 Å². The molecule has 0 saturated carbocycles. The number of benzene rings is 2. The predicted octanol–water partition coefficient (Wildman–Crippen LogP) is 3.70. The van der Waals surface area contributed by atoms with Gasteiger partial charge in [-0.25, -0.2) is 8.78 Å². The van der Waals surface area contributed by atoms with Crippen molar-refractivity contribution < 1.29 is 28.2 Å². The molecule has 0 saturated heterocycles. The summed E-state index contributed by atoms with van der Waals surface area (Å²) in [5.74, 6) is -1.54. The van der Waals surface area contributed by atoms with Crippen LogP contribution >= 0.6 is 15.9 Å². The highest BCUT2D eigenvalue weighted by atomic mass is 79.9. The fourth-order valence-corrected chi connectivity index (χ4v) is 3.53. The molecule has 1 atom stereocenters. The van der Waals surface area contributed by atoms with E-state index in [-0.39, 0.29) is 43.5 Å². The van der Waals surface area contributed by atoms with E-state index in [0.29, 0.717) is 15.6 Å². The number of nitrogens with zero attached hydrogens (tertiary/aromatic N) is 1. The van der Waals surface area contributed by atoms with E-state index in [1.807, 2.05) is 0 Å². The third-order valence-electron chi connectivity index (χ3n) is 4.49. The van der Waals surface area contributed by atoms with Crippen LogP contribution in [0.25, 0.3) is 0 Å². The fourth-order valence-electron chi connectivity index (χ4n) is 3.07. The van der Waals surface area contributed by atoms with Crippen LogP contribution in [0.1, 0.15) is 23.6 Å². The maximum atomic E-state index is 14.0. The minimum Gasteiger partial charge on any atom is -0.488 e. The minimum atomic E-state index is -0.617. The first-order chi connectivity index (χ1) is 13.9. The number of ketones is 1. The Balaban J connectivity index is 1.85. The lowest BCUT2D eigenvalue weighted by molar-refractivity contribution is -0.131. The molecule has 2 aromatic rings. The van der Waals surface area contributed by atoms with E-state index in [1.165, 1.54) is 41.4 Å². The average Bonchev–Trinajstić information content (AvgIpc) is 2.69. The summed E-state index contributed by atoms with van der Waals surface area (Å²) >= 11 is 3.25. The molecule has 0 aromatic heterocycles. The predicted molar refractivity (Wildman–Crippen MR) is 105 cm³/mol. The van der Waals surface area contributed by atoms with Crippen LogP contribution in [0, 0.1) is 11.6 Å². The van der Waals surface area contributed by atoms with E-state index >= 15 is 0 Å². The van der Waals surface area contributed by atoms with E-state index in [0.717, 1.165) is 0 Å². The van der Waals surface area contributed by atoms with Gasteiger partial charge in [-0.1, -0.05) is 28.1 Å². The molecule has 1 aliphatic heterocycles. The van der Waals surface area contributed by atoms with Gasteiger partial charge >= 0.3 is 0 Å². The molecule has 2 aromatic carbocycles. The smallest absolute Gasteiger partial charge is 0.231 e. The topological polar surface area (TPSA) is 66.8 Å². The second kappa shape index (κ2) is 9.28. The fraction of sp³-hybridized carbons (Fsp3) is 0.238. The second-order valence-corrected chi connectivity index (χ2v) is 7.33. The van der Waals surface area contributed by atoms with Gasteiger partial charge < -0.3 is 14.7 Å². The zero-order chi connectivity index (χ0) is 21.0. The second-order valence-electron chi connectivity index (χ2n) is 6.48. The number of hydrogen-bond donors (Lipinski definition) is 1. The monoisotopic (exact) mass is 465 g/mol.